The molecule has 134 valence electrons. The Morgan fingerprint density at radius 3 is 2.69 bits per heavy atom. The van der Waals surface area contributed by atoms with Crippen LogP contribution in [0.3, 0.4) is 0 Å². The first-order valence-electron chi connectivity index (χ1n) is 7.79. The van der Waals surface area contributed by atoms with Gasteiger partial charge >= 0.3 is 5.97 Å². The van der Waals surface area contributed by atoms with Crippen molar-refractivity contribution in [3.8, 4) is 11.5 Å². The lowest BCUT2D eigenvalue weighted by molar-refractivity contribution is -0.145. The minimum Gasteiger partial charge on any atom is -0.482 e. The quantitative estimate of drug-likeness (QED) is 0.551. The average molecular weight is 393 g/mol. The zero-order valence-electron chi connectivity index (χ0n) is 13.8. The van der Waals surface area contributed by atoms with Crippen molar-refractivity contribution in [1.82, 2.24) is 0 Å². The predicted molar refractivity (Wildman–Crippen MR) is 98.0 cm³/mol. The Morgan fingerprint density at radius 1 is 1.15 bits per heavy atom. The van der Waals surface area contributed by atoms with Crippen LogP contribution in [0.5, 0.6) is 11.5 Å². The number of hydrogen-bond acceptors (Lipinski definition) is 5. The Hall–Kier alpha value is -2.50. The molecule has 7 heteroatoms. The molecule has 0 N–H and O–H groups in total. The number of allylic oxidation sites excluding steroid dienone is 1. The van der Waals surface area contributed by atoms with E-state index in [9.17, 15) is 9.59 Å². The summed E-state index contributed by atoms with van der Waals surface area (Å²) in [6.45, 7) is 1.79. The molecule has 26 heavy (non-hydrogen) atoms. The molecule has 0 saturated carbocycles. The molecule has 5 nitrogen and oxygen atoms in total. The predicted octanol–water partition coefficient (Wildman–Crippen LogP) is 4.55. The molecule has 0 aliphatic carbocycles. The summed E-state index contributed by atoms with van der Waals surface area (Å²) in [4.78, 5) is 23.8. The molecule has 0 spiro atoms. The number of ketones is 1. The third-order valence-corrected chi connectivity index (χ3v) is 4.28. The summed E-state index contributed by atoms with van der Waals surface area (Å²) in [5.74, 6) is 0.220. The fraction of sp³-hybridized carbons (Fsp3) is 0.158. The zero-order chi connectivity index (χ0) is 18.7. The molecule has 0 bridgehead atoms. The van der Waals surface area contributed by atoms with Crippen LogP contribution < -0.4 is 9.47 Å². The first-order valence-corrected chi connectivity index (χ1v) is 8.55. The van der Waals surface area contributed by atoms with E-state index in [0.717, 1.165) is 0 Å². The van der Waals surface area contributed by atoms with Crippen LogP contribution in [-0.4, -0.2) is 25.0 Å². The molecular formula is C19H14Cl2O5. The maximum Gasteiger partial charge on any atom is 0.344 e. The first-order chi connectivity index (χ1) is 12.5. The lowest BCUT2D eigenvalue weighted by atomic mass is 10.1. The minimum atomic E-state index is -0.467. The normalized spacial score (nSPS) is 14.1. The second-order valence-corrected chi connectivity index (χ2v) is 6.18. The number of ether oxygens (including phenoxy) is 3. The summed E-state index contributed by atoms with van der Waals surface area (Å²) in [5.41, 5.74) is 1.11. The highest BCUT2D eigenvalue weighted by Crippen LogP contribution is 2.35. The second kappa shape index (κ2) is 7.81. The Kier molecular flexibility index (Phi) is 5.49. The lowest BCUT2D eigenvalue weighted by Gasteiger charge is -2.06. The highest BCUT2D eigenvalue weighted by atomic mass is 35.5. The Morgan fingerprint density at radius 2 is 1.96 bits per heavy atom. The number of rotatable bonds is 5. The molecule has 2 aromatic rings. The van der Waals surface area contributed by atoms with Gasteiger partial charge in [0, 0.05) is 6.07 Å². The van der Waals surface area contributed by atoms with Gasteiger partial charge in [0.2, 0.25) is 5.78 Å². The van der Waals surface area contributed by atoms with Crippen molar-refractivity contribution in [2.75, 3.05) is 13.2 Å². The van der Waals surface area contributed by atoms with Crippen LogP contribution in [0.4, 0.5) is 0 Å². The molecule has 0 atom stereocenters. The van der Waals surface area contributed by atoms with Crippen molar-refractivity contribution in [3.05, 3.63) is 63.3 Å². The van der Waals surface area contributed by atoms with Crippen molar-refractivity contribution < 1.29 is 23.8 Å². The third kappa shape index (κ3) is 4.00. The molecular weight excluding hydrogens is 379 g/mol. The van der Waals surface area contributed by atoms with E-state index >= 15 is 0 Å². The Bertz CT molecular complexity index is 905. The summed E-state index contributed by atoms with van der Waals surface area (Å²) >= 11 is 11.9. The van der Waals surface area contributed by atoms with Gasteiger partial charge in [-0.2, -0.15) is 0 Å². The largest absolute Gasteiger partial charge is 0.482 e. The molecule has 1 heterocycles. The van der Waals surface area contributed by atoms with Crippen LogP contribution in [0.15, 0.2) is 42.2 Å². The van der Waals surface area contributed by atoms with Gasteiger partial charge in [-0.05, 0) is 42.8 Å². The monoisotopic (exact) mass is 392 g/mol. The summed E-state index contributed by atoms with van der Waals surface area (Å²) in [6, 6.07) is 9.76. The summed E-state index contributed by atoms with van der Waals surface area (Å²) in [7, 11) is 0. The third-order valence-electron chi connectivity index (χ3n) is 3.54. The van der Waals surface area contributed by atoms with Crippen LogP contribution in [0.1, 0.15) is 22.8 Å². The maximum atomic E-state index is 12.4. The highest BCUT2D eigenvalue weighted by molar-refractivity contribution is 6.42. The number of Topliss-reactive ketones (excluding diaryl/α,β-unsaturated/α-hetero) is 1. The maximum absolute atomic E-state index is 12.4. The molecule has 1 aliphatic rings. The smallest absolute Gasteiger partial charge is 0.344 e. The number of halogens is 2. The fourth-order valence-electron chi connectivity index (χ4n) is 2.36. The van der Waals surface area contributed by atoms with Crippen LogP contribution in [-0.2, 0) is 9.53 Å². The number of fused-ring (bicyclic) bond motifs is 1. The van der Waals surface area contributed by atoms with Crippen molar-refractivity contribution >= 4 is 41.0 Å². The molecule has 0 aromatic heterocycles. The minimum absolute atomic E-state index is 0.168. The topological polar surface area (TPSA) is 61.8 Å². The summed E-state index contributed by atoms with van der Waals surface area (Å²) < 4.78 is 15.8. The molecule has 1 aliphatic heterocycles. The van der Waals surface area contributed by atoms with Crippen molar-refractivity contribution in [2.45, 2.75) is 6.92 Å². The molecule has 2 aromatic carbocycles. The number of carbonyl (C=O) groups excluding carboxylic acids is 2. The van der Waals surface area contributed by atoms with Gasteiger partial charge in [0.05, 0.1) is 22.2 Å². The van der Waals surface area contributed by atoms with E-state index in [1.807, 2.05) is 0 Å². The molecule has 0 radical (unpaired) electrons. The van der Waals surface area contributed by atoms with Crippen LogP contribution in [0.25, 0.3) is 6.08 Å². The van der Waals surface area contributed by atoms with E-state index in [2.05, 4.69) is 0 Å². The van der Waals surface area contributed by atoms with E-state index in [1.54, 1.807) is 49.4 Å². The van der Waals surface area contributed by atoms with Crippen LogP contribution in [0, 0.1) is 0 Å². The van der Waals surface area contributed by atoms with Gasteiger partial charge in [0.1, 0.15) is 11.5 Å². The van der Waals surface area contributed by atoms with Gasteiger partial charge in [0.15, 0.2) is 12.4 Å². The molecule has 0 saturated heterocycles. The molecule has 0 unspecified atom stereocenters. The number of benzene rings is 2. The van der Waals surface area contributed by atoms with Gasteiger partial charge in [-0.1, -0.05) is 29.3 Å². The summed E-state index contributed by atoms with van der Waals surface area (Å²) in [6.07, 6.45) is 1.59. The Labute approximate surface area is 160 Å². The SMILES string of the molecule is CCOC(=O)COc1ccc2c(c1)O/C(=C\c1ccc(Cl)c(Cl)c1)C2=O. The van der Waals surface area contributed by atoms with Crippen molar-refractivity contribution in [3.63, 3.8) is 0 Å². The van der Waals surface area contributed by atoms with Crippen molar-refractivity contribution in [2.24, 2.45) is 0 Å². The number of hydrogen-bond donors (Lipinski definition) is 0. The van der Waals surface area contributed by atoms with E-state index < -0.39 is 5.97 Å². The fourth-order valence-corrected chi connectivity index (χ4v) is 2.66. The van der Waals surface area contributed by atoms with Gasteiger partial charge in [-0.3, -0.25) is 4.79 Å². The zero-order valence-corrected chi connectivity index (χ0v) is 15.3. The number of esters is 1. The second-order valence-electron chi connectivity index (χ2n) is 5.36. The standard InChI is InChI=1S/C19H14Cl2O5/c1-2-24-18(22)10-25-12-4-5-13-16(9-12)26-17(19(13)23)8-11-3-6-14(20)15(21)7-11/h3-9H,2,10H2,1H3/b17-8-. The first kappa shape index (κ1) is 18.3. The van der Waals surface area contributed by atoms with Gasteiger partial charge in [-0.15, -0.1) is 0 Å². The van der Waals surface area contributed by atoms with E-state index in [1.165, 1.54) is 0 Å². The molecule has 0 fully saturated rings. The Balaban J connectivity index is 1.77. The van der Waals surface area contributed by atoms with Gasteiger partial charge < -0.3 is 14.2 Å². The average Bonchev–Trinajstić information content (AvgIpc) is 2.92. The molecule has 0 amide bonds. The van der Waals surface area contributed by atoms with Gasteiger partial charge in [-0.25, -0.2) is 4.79 Å². The van der Waals surface area contributed by atoms with E-state index in [4.69, 9.17) is 37.4 Å². The van der Waals surface area contributed by atoms with E-state index in [0.29, 0.717) is 32.7 Å². The molecule has 3 rings (SSSR count). The van der Waals surface area contributed by atoms with Crippen molar-refractivity contribution in [1.29, 1.82) is 0 Å². The van der Waals surface area contributed by atoms with Crippen LogP contribution in [0.2, 0.25) is 10.0 Å². The highest BCUT2D eigenvalue weighted by Gasteiger charge is 2.27. The van der Waals surface area contributed by atoms with Crippen LogP contribution >= 0.6 is 23.2 Å². The van der Waals surface area contributed by atoms with Gasteiger partial charge in [0.25, 0.3) is 0 Å². The lowest BCUT2D eigenvalue weighted by Crippen LogP contribution is -2.14. The van der Waals surface area contributed by atoms with E-state index in [-0.39, 0.29) is 24.8 Å². The summed E-state index contributed by atoms with van der Waals surface area (Å²) in [5, 5.41) is 0.817. The number of carbonyl (C=O) groups is 2.